The summed E-state index contributed by atoms with van der Waals surface area (Å²) in [6, 6.07) is 7.71. The minimum absolute atomic E-state index is 0.135. The Morgan fingerprint density at radius 2 is 2.12 bits per heavy atom. The molecule has 2 heterocycles. The second kappa shape index (κ2) is 4.09. The van der Waals surface area contributed by atoms with Gasteiger partial charge < -0.3 is 4.74 Å². The van der Waals surface area contributed by atoms with Gasteiger partial charge in [0.2, 0.25) is 0 Å². The van der Waals surface area contributed by atoms with Crippen molar-refractivity contribution < 1.29 is 4.74 Å². The number of epoxide rings is 1. The van der Waals surface area contributed by atoms with Crippen LogP contribution in [0.15, 0.2) is 24.3 Å². The fraction of sp³-hybridized carbons (Fsp3) is 0.364. The van der Waals surface area contributed by atoms with Crippen LogP contribution in [0.1, 0.15) is 17.5 Å². The SMILES string of the molecule is Cn1nnc(CC2OC2c2ccc(Cl)cc2)n1. The zero-order valence-electron chi connectivity index (χ0n) is 9.25. The fourth-order valence-electron chi connectivity index (χ4n) is 1.83. The number of hydrogen-bond donors (Lipinski definition) is 0. The van der Waals surface area contributed by atoms with Crippen LogP contribution in [0.25, 0.3) is 0 Å². The highest BCUT2D eigenvalue weighted by Crippen LogP contribution is 2.40. The molecule has 0 bridgehead atoms. The first-order valence-electron chi connectivity index (χ1n) is 5.36. The number of ether oxygens (including phenoxy) is 1. The second-order valence-electron chi connectivity index (χ2n) is 4.05. The molecule has 88 valence electrons. The first-order chi connectivity index (χ1) is 8.22. The summed E-state index contributed by atoms with van der Waals surface area (Å²) in [6.07, 6.45) is 0.984. The quantitative estimate of drug-likeness (QED) is 0.776. The van der Waals surface area contributed by atoms with E-state index in [2.05, 4.69) is 15.4 Å². The molecule has 1 aliphatic heterocycles. The monoisotopic (exact) mass is 250 g/mol. The summed E-state index contributed by atoms with van der Waals surface area (Å²) in [4.78, 5) is 1.45. The summed E-state index contributed by atoms with van der Waals surface area (Å²) in [5, 5.41) is 12.6. The molecule has 0 amide bonds. The van der Waals surface area contributed by atoms with Gasteiger partial charge in [0.1, 0.15) is 6.10 Å². The third-order valence-corrected chi connectivity index (χ3v) is 2.97. The highest BCUT2D eigenvalue weighted by molar-refractivity contribution is 6.30. The molecule has 0 saturated carbocycles. The molecule has 2 atom stereocenters. The number of rotatable bonds is 3. The minimum atomic E-state index is 0.135. The van der Waals surface area contributed by atoms with Crippen molar-refractivity contribution in [2.24, 2.45) is 7.05 Å². The number of halogens is 1. The van der Waals surface area contributed by atoms with Crippen molar-refractivity contribution in [3.05, 3.63) is 40.7 Å². The molecule has 5 nitrogen and oxygen atoms in total. The van der Waals surface area contributed by atoms with Gasteiger partial charge in [0.05, 0.1) is 13.2 Å². The van der Waals surface area contributed by atoms with Gasteiger partial charge in [-0.15, -0.1) is 10.2 Å². The number of aromatic nitrogens is 4. The van der Waals surface area contributed by atoms with E-state index in [0.29, 0.717) is 12.2 Å². The van der Waals surface area contributed by atoms with E-state index in [4.69, 9.17) is 16.3 Å². The summed E-state index contributed by atoms with van der Waals surface area (Å²) < 4.78 is 5.60. The first kappa shape index (κ1) is 10.7. The van der Waals surface area contributed by atoms with Gasteiger partial charge in [-0.25, -0.2) is 0 Å². The van der Waals surface area contributed by atoms with Crippen molar-refractivity contribution in [1.82, 2.24) is 20.2 Å². The Hall–Kier alpha value is -1.46. The van der Waals surface area contributed by atoms with E-state index in [1.54, 1.807) is 7.05 Å². The highest BCUT2D eigenvalue weighted by Gasteiger charge is 2.40. The fourth-order valence-corrected chi connectivity index (χ4v) is 1.95. The van der Waals surface area contributed by atoms with Crippen molar-refractivity contribution in [3.63, 3.8) is 0 Å². The molecule has 2 aromatic rings. The molecular formula is C11H11ClN4O. The molecule has 0 spiro atoms. The Kier molecular flexibility index (Phi) is 2.57. The van der Waals surface area contributed by atoms with Crippen LogP contribution in [0.3, 0.4) is 0 Å². The third-order valence-electron chi connectivity index (χ3n) is 2.71. The molecule has 6 heteroatoms. The van der Waals surface area contributed by atoms with E-state index in [1.165, 1.54) is 4.80 Å². The average Bonchev–Trinajstić information content (AvgIpc) is 2.94. The van der Waals surface area contributed by atoms with Crippen molar-refractivity contribution in [1.29, 1.82) is 0 Å². The summed E-state index contributed by atoms with van der Waals surface area (Å²) in [5.41, 5.74) is 1.14. The van der Waals surface area contributed by atoms with E-state index >= 15 is 0 Å². The molecule has 17 heavy (non-hydrogen) atoms. The zero-order chi connectivity index (χ0) is 11.8. The standard InChI is InChI=1S/C11H11ClN4O/c1-16-14-10(13-15-16)6-9-11(17-9)7-2-4-8(12)5-3-7/h2-5,9,11H,6H2,1H3. The molecule has 2 unspecified atom stereocenters. The van der Waals surface area contributed by atoms with Crippen LogP contribution >= 0.6 is 11.6 Å². The zero-order valence-corrected chi connectivity index (χ0v) is 10.0. The lowest BCUT2D eigenvalue weighted by molar-refractivity contribution is 0.371. The van der Waals surface area contributed by atoms with Crippen molar-refractivity contribution in [3.8, 4) is 0 Å². The normalized spacial score (nSPS) is 22.7. The summed E-state index contributed by atoms with van der Waals surface area (Å²) in [6.45, 7) is 0. The number of tetrazole rings is 1. The van der Waals surface area contributed by atoms with Crippen LogP contribution in [0.5, 0.6) is 0 Å². The van der Waals surface area contributed by atoms with Crippen LogP contribution in [-0.2, 0) is 18.2 Å². The maximum absolute atomic E-state index is 5.83. The second-order valence-corrected chi connectivity index (χ2v) is 4.48. The van der Waals surface area contributed by atoms with Crippen LogP contribution in [-0.4, -0.2) is 26.3 Å². The molecule has 1 aromatic carbocycles. The molecule has 1 fully saturated rings. The Morgan fingerprint density at radius 1 is 1.35 bits per heavy atom. The molecule has 0 N–H and O–H groups in total. The Labute approximate surface area is 103 Å². The van der Waals surface area contributed by atoms with E-state index in [9.17, 15) is 0 Å². The number of nitrogens with zero attached hydrogens (tertiary/aromatic N) is 4. The predicted molar refractivity (Wildman–Crippen MR) is 61.6 cm³/mol. The van der Waals surface area contributed by atoms with E-state index < -0.39 is 0 Å². The van der Waals surface area contributed by atoms with Gasteiger partial charge in [0.25, 0.3) is 0 Å². The van der Waals surface area contributed by atoms with Crippen LogP contribution < -0.4 is 0 Å². The van der Waals surface area contributed by atoms with Gasteiger partial charge in [0.15, 0.2) is 5.82 Å². The molecule has 1 saturated heterocycles. The number of aryl methyl sites for hydroxylation is 1. The van der Waals surface area contributed by atoms with Gasteiger partial charge in [-0.05, 0) is 22.9 Å². The lowest BCUT2D eigenvalue weighted by Crippen LogP contribution is -1.99. The van der Waals surface area contributed by atoms with E-state index in [1.807, 2.05) is 24.3 Å². The third kappa shape index (κ3) is 2.30. The average molecular weight is 251 g/mol. The molecule has 0 radical (unpaired) electrons. The van der Waals surface area contributed by atoms with Crippen molar-refractivity contribution in [2.75, 3.05) is 0 Å². The topological polar surface area (TPSA) is 56.1 Å². The van der Waals surface area contributed by atoms with Gasteiger partial charge in [0, 0.05) is 11.4 Å². The predicted octanol–water partition coefficient (Wildman–Crippen LogP) is 1.55. The molecule has 3 rings (SSSR count). The Morgan fingerprint density at radius 3 is 2.76 bits per heavy atom. The Balaban J connectivity index is 1.64. The first-order valence-corrected chi connectivity index (χ1v) is 5.74. The lowest BCUT2D eigenvalue weighted by Gasteiger charge is -1.95. The molecule has 1 aliphatic rings. The van der Waals surface area contributed by atoms with Gasteiger partial charge in [-0.3, -0.25) is 0 Å². The van der Waals surface area contributed by atoms with Gasteiger partial charge >= 0.3 is 0 Å². The van der Waals surface area contributed by atoms with Crippen LogP contribution in [0, 0.1) is 0 Å². The maximum atomic E-state index is 5.83. The maximum Gasteiger partial charge on any atom is 0.177 e. The summed E-state index contributed by atoms with van der Waals surface area (Å²) >= 11 is 5.83. The smallest absolute Gasteiger partial charge is 0.177 e. The largest absolute Gasteiger partial charge is 0.364 e. The molecular weight excluding hydrogens is 240 g/mol. The number of benzene rings is 1. The highest BCUT2D eigenvalue weighted by atomic mass is 35.5. The lowest BCUT2D eigenvalue weighted by atomic mass is 10.1. The summed E-state index contributed by atoms with van der Waals surface area (Å²) in [5.74, 6) is 0.717. The van der Waals surface area contributed by atoms with Crippen molar-refractivity contribution >= 4 is 11.6 Å². The molecule has 1 aromatic heterocycles. The van der Waals surface area contributed by atoms with Crippen LogP contribution in [0.2, 0.25) is 5.02 Å². The summed E-state index contributed by atoms with van der Waals surface area (Å²) in [7, 11) is 1.75. The van der Waals surface area contributed by atoms with Gasteiger partial charge in [-0.1, -0.05) is 23.7 Å². The number of hydrogen-bond acceptors (Lipinski definition) is 4. The van der Waals surface area contributed by atoms with Gasteiger partial charge in [-0.2, -0.15) is 4.80 Å². The van der Waals surface area contributed by atoms with Crippen LogP contribution in [0.4, 0.5) is 0 Å². The van der Waals surface area contributed by atoms with Crippen molar-refractivity contribution in [2.45, 2.75) is 18.6 Å². The minimum Gasteiger partial charge on any atom is -0.364 e. The Bertz CT molecular complexity index is 525. The molecule has 0 aliphatic carbocycles. The van der Waals surface area contributed by atoms with E-state index in [0.717, 1.165) is 10.6 Å². The van der Waals surface area contributed by atoms with E-state index in [-0.39, 0.29) is 12.2 Å².